The first-order valence-electron chi connectivity index (χ1n) is 7.65. The van der Waals surface area contributed by atoms with Crippen molar-refractivity contribution in [3.63, 3.8) is 0 Å². The van der Waals surface area contributed by atoms with Crippen LogP contribution in [0, 0.1) is 11.8 Å². The zero-order valence-electron chi connectivity index (χ0n) is 11.8. The number of nitrogens with zero attached hydrogens (tertiary/aromatic N) is 1. The average molecular weight is 253 g/mol. The lowest BCUT2D eigenvalue weighted by Crippen LogP contribution is -2.44. The lowest BCUT2D eigenvalue weighted by atomic mass is 9.84. The molecule has 3 heteroatoms. The van der Waals surface area contributed by atoms with Gasteiger partial charge in [0, 0.05) is 12.6 Å². The van der Waals surface area contributed by atoms with Gasteiger partial charge >= 0.3 is 5.97 Å². The Bertz CT molecular complexity index is 288. The number of likely N-dealkylation sites (tertiary alicyclic amines) is 1. The molecular weight excluding hydrogens is 226 g/mol. The van der Waals surface area contributed by atoms with Crippen molar-refractivity contribution in [3.8, 4) is 0 Å². The summed E-state index contributed by atoms with van der Waals surface area (Å²) in [4.78, 5) is 13.8. The summed E-state index contributed by atoms with van der Waals surface area (Å²) in [5, 5.41) is 9.45. The maximum Gasteiger partial charge on any atom is 0.320 e. The predicted molar refractivity (Wildman–Crippen MR) is 72.6 cm³/mol. The van der Waals surface area contributed by atoms with Gasteiger partial charge in [-0.15, -0.1) is 0 Å². The van der Waals surface area contributed by atoms with Crippen LogP contribution in [0.4, 0.5) is 0 Å². The molecule has 0 spiro atoms. The molecule has 1 aliphatic heterocycles. The van der Waals surface area contributed by atoms with E-state index in [2.05, 4.69) is 18.7 Å². The minimum absolute atomic E-state index is 0.210. The molecule has 3 unspecified atom stereocenters. The fourth-order valence-corrected chi connectivity index (χ4v) is 3.90. The van der Waals surface area contributed by atoms with Crippen LogP contribution in [0.25, 0.3) is 0 Å². The van der Waals surface area contributed by atoms with Crippen molar-refractivity contribution >= 4 is 5.97 Å². The van der Waals surface area contributed by atoms with E-state index in [1.807, 2.05) is 0 Å². The van der Waals surface area contributed by atoms with Crippen molar-refractivity contribution < 1.29 is 9.90 Å². The standard InChI is InChI=1S/C15H27NO2/c1-3-11(4-2)10-16-13-8-6-5-7-12(13)9-14(16)15(17)18/h11-14H,3-10H2,1-2H3,(H,17,18). The lowest BCUT2D eigenvalue weighted by Gasteiger charge is -2.35. The van der Waals surface area contributed by atoms with Gasteiger partial charge in [0.15, 0.2) is 0 Å². The van der Waals surface area contributed by atoms with Crippen LogP contribution in [0.2, 0.25) is 0 Å². The molecule has 0 aromatic heterocycles. The highest BCUT2D eigenvalue weighted by atomic mass is 16.4. The van der Waals surface area contributed by atoms with Gasteiger partial charge in [-0.2, -0.15) is 0 Å². The number of carboxylic acid groups (broad SMARTS) is 1. The molecule has 2 fully saturated rings. The normalized spacial score (nSPS) is 32.7. The Labute approximate surface area is 111 Å². The first-order chi connectivity index (χ1) is 8.67. The van der Waals surface area contributed by atoms with Gasteiger partial charge in [0.1, 0.15) is 6.04 Å². The Morgan fingerprint density at radius 1 is 1.28 bits per heavy atom. The number of rotatable bonds is 5. The summed E-state index contributed by atoms with van der Waals surface area (Å²) in [6, 6.07) is 0.346. The summed E-state index contributed by atoms with van der Waals surface area (Å²) < 4.78 is 0. The zero-order valence-corrected chi connectivity index (χ0v) is 11.8. The van der Waals surface area contributed by atoms with Crippen molar-refractivity contribution in [1.29, 1.82) is 0 Å². The van der Waals surface area contributed by atoms with Crippen LogP contribution in [0.1, 0.15) is 58.8 Å². The van der Waals surface area contributed by atoms with E-state index >= 15 is 0 Å². The van der Waals surface area contributed by atoms with Crippen molar-refractivity contribution in [3.05, 3.63) is 0 Å². The third-order valence-corrected chi connectivity index (χ3v) is 5.13. The molecule has 1 saturated heterocycles. The first kappa shape index (κ1) is 13.9. The zero-order chi connectivity index (χ0) is 13.1. The highest BCUT2D eigenvalue weighted by Crippen LogP contribution is 2.40. The molecule has 104 valence electrons. The molecule has 0 aromatic rings. The molecule has 2 aliphatic rings. The fourth-order valence-electron chi connectivity index (χ4n) is 3.90. The van der Waals surface area contributed by atoms with E-state index in [0.717, 1.165) is 25.8 Å². The summed E-state index contributed by atoms with van der Waals surface area (Å²) in [7, 11) is 0. The quantitative estimate of drug-likeness (QED) is 0.818. The van der Waals surface area contributed by atoms with Crippen LogP contribution in [-0.4, -0.2) is 34.6 Å². The van der Waals surface area contributed by atoms with Crippen LogP contribution < -0.4 is 0 Å². The SMILES string of the molecule is CCC(CC)CN1C(C(=O)O)CC2CCCCC21. The molecule has 3 nitrogen and oxygen atoms in total. The van der Waals surface area contributed by atoms with Crippen LogP contribution in [0.3, 0.4) is 0 Å². The molecule has 0 amide bonds. The van der Waals surface area contributed by atoms with Crippen molar-refractivity contribution in [2.24, 2.45) is 11.8 Å². The van der Waals surface area contributed by atoms with Gasteiger partial charge in [-0.3, -0.25) is 9.69 Å². The van der Waals surface area contributed by atoms with Crippen LogP contribution >= 0.6 is 0 Å². The van der Waals surface area contributed by atoms with Crippen LogP contribution in [0.15, 0.2) is 0 Å². The molecule has 0 bridgehead atoms. The van der Waals surface area contributed by atoms with Gasteiger partial charge < -0.3 is 5.11 Å². The van der Waals surface area contributed by atoms with Crippen molar-refractivity contribution in [2.45, 2.75) is 70.9 Å². The molecule has 1 aliphatic carbocycles. The second-order valence-corrected chi connectivity index (χ2v) is 6.08. The van der Waals surface area contributed by atoms with E-state index < -0.39 is 5.97 Å². The molecule has 1 heterocycles. The monoisotopic (exact) mass is 253 g/mol. The molecule has 0 aromatic carbocycles. The fraction of sp³-hybridized carbons (Fsp3) is 0.933. The second-order valence-electron chi connectivity index (χ2n) is 6.08. The van der Waals surface area contributed by atoms with Gasteiger partial charge in [-0.05, 0) is 31.1 Å². The number of hydrogen-bond acceptors (Lipinski definition) is 2. The minimum Gasteiger partial charge on any atom is -0.480 e. The van der Waals surface area contributed by atoms with E-state index in [0.29, 0.717) is 17.9 Å². The maximum atomic E-state index is 11.5. The van der Waals surface area contributed by atoms with E-state index in [9.17, 15) is 9.90 Å². The molecule has 1 N–H and O–H groups in total. The summed E-state index contributed by atoms with van der Waals surface area (Å²) in [5.74, 6) is 0.706. The van der Waals surface area contributed by atoms with E-state index in [1.54, 1.807) is 0 Å². The summed E-state index contributed by atoms with van der Waals surface area (Å²) in [5.41, 5.74) is 0. The van der Waals surface area contributed by atoms with E-state index in [1.165, 1.54) is 25.7 Å². The van der Waals surface area contributed by atoms with E-state index in [-0.39, 0.29) is 6.04 Å². The number of aliphatic carboxylic acids is 1. The molecule has 3 atom stereocenters. The highest BCUT2D eigenvalue weighted by molar-refractivity contribution is 5.74. The lowest BCUT2D eigenvalue weighted by molar-refractivity contribution is -0.143. The van der Waals surface area contributed by atoms with Crippen molar-refractivity contribution in [2.75, 3.05) is 6.54 Å². The first-order valence-corrected chi connectivity index (χ1v) is 7.65. The Morgan fingerprint density at radius 2 is 1.94 bits per heavy atom. The molecule has 0 radical (unpaired) electrons. The smallest absolute Gasteiger partial charge is 0.320 e. The summed E-state index contributed by atoms with van der Waals surface area (Å²) >= 11 is 0. The predicted octanol–water partition coefficient (Wildman–Crippen LogP) is 3.14. The third kappa shape index (κ3) is 2.71. The third-order valence-electron chi connectivity index (χ3n) is 5.13. The average Bonchev–Trinajstić information content (AvgIpc) is 2.75. The molecule has 18 heavy (non-hydrogen) atoms. The Morgan fingerprint density at radius 3 is 2.56 bits per heavy atom. The van der Waals surface area contributed by atoms with Crippen LogP contribution in [0.5, 0.6) is 0 Å². The molecule has 1 saturated carbocycles. The van der Waals surface area contributed by atoms with Crippen LogP contribution in [-0.2, 0) is 4.79 Å². The van der Waals surface area contributed by atoms with Crippen molar-refractivity contribution in [1.82, 2.24) is 4.90 Å². The van der Waals surface area contributed by atoms with Gasteiger partial charge in [0.25, 0.3) is 0 Å². The van der Waals surface area contributed by atoms with Gasteiger partial charge in [-0.25, -0.2) is 0 Å². The number of carboxylic acids is 1. The summed E-state index contributed by atoms with van der Waals surface area (Å²) in [6.45, 7) is 5.43. The number of hydrogen-bond donors (Lipinski definition) is 1. The Balaban J connectivity index is 2.08. The molecular formula is C15H27NO2. The summed E-state index contributed by atoms with van der Waals surface area (Å²) in [6.07, 6.45) is 8.26. The number of carbonyl (C=O) groups is 1. The highest BCUT2D eigenvalue weighted by Gasteiger charge is 2.45. The van der Waals surface area contributed by atoms with Gasteiger partial charge in [-0.1, -0.05) is 39.5 Å². The topological polar surface area (TPSA) is 40.5 Å². The maximum absolute atomic E-state index is 11.5. The van der Waals surface area contributed by atoms with E-state index in [4.69, 9.17) is 0 Å². The number of fused-ring (bicyclic) bond motifs is 1. The minimum atomic E-state index is -0.602. The Hall–Kier alpha value is -0.570. The Kier molecular flexibility index (Phi) is 4.66. The van der Waals surface area contributed by atoms with Gasteiger partial charge in [0.2, 0.25) is 0 Å². The largest absolute Gasteiger partial charge is 0.480 e. The second kappa shape index (κ2) is 6.05. The molecule has 2 rings (SSSR count). The van der Waals surface area contributed by atoms with Gasteiger partial charge in [0.05, 0.1) is 0 Å².